The van der Waals surface area contributed by atoms with Gasteiger partial charge < -0.3 is 4.74 Å². The summed E-state index contributed by atoms with van der Waals surface area (Å²) in [6, 6.07) is 11.9. The third-order valence-corrected chi connectivity index (χ3v) is 3.76. The lowest BCUT2D eigenvalue weighted by molar-refractivity contribution is 0.191. The van der Waals surface area contributed by atoms with E-state index in [2.05, 4.69) is 12.1 Å². The largest absolute Gasteiger partial charge is 0.385 e. The zero-order valence-corrected chi connectivity index (χ0v) is 11.7. The Morgan fingerprint density at radius 1 is 1.30 bits per heavy atom. The van der Waals surface area contributed by atoms with Crippen molar-refractivity contribution in [3.63, 3.8) is 0 Å². The highest BCUT2D eigenvalue weighted by atomic mass is 16.5. The highest BCUT2D eigenvalue weighted by Crippen LogP contribution is 2.50. The maximum absolute atomic E-state index is 8.73. The molecule has 20 heavy (non-hydrogen) atoms. The van der Waals surface area contributed by atoms with Crippen molar-refractivity contribution in [2.24, 2.45) is 5.92 Å². The average Bonchev–Trinajstić information content (AvgIpc) is 3.25. The summed E-state index contributed by atoms with van der Waals surface area (Å²) in [4.78, 5) is 0. The van der Waals surface area contributed by atoms with Gasteiger partial charge in [0.15, 0.2) is 0 Å². The van der Waals surface area contributed by atoms with Crippen LogP contribution in [-0.2, 0) is 4.74 Å². The van der Waals surface area contributed by atoms with Crippen LogP contribution in [0, 0.1) is 28.6 Å². The van der Waals surface area contributed by atoms with Crippen molar-refractivity contribution < 1.29 is 4.74 Å². The van der Waals surface area contributed by atoms with Crippen LogP contribution in [0.1, 0.15) is 36.3 Å². The standard InChI is InChI=1S/C17H18N2O/c1-20-8-2-3-16-10-17(16)15-6-4-13(5-7-15)9-14(11-18)12-19/h4-7,9,16-17H,2-3,8,10H2,1H3. The first-order chi connectivity index (χ1) is 9.78. The monoisotopic (exact) mass is 266 g/mol. The molecule has 2 atom stereocenters. The molecule has 2 unspecified atom stereocenters. The molecule has 0 saturated heterocycles. The van der Waals surface area contributed by atoms with E-state index in [9.17, 15) is 0 Å². The number of rotatable bonds is 6. The van der Waals surface area contributed by atoms with Crippen molar-refractivity contribution in [1.82, 2.24) is 0 Å². The fourth-order valence-corrected chi connectivity index (χ4v) is 2.56. The quantitative estimate of drug-likeness (QED) is 0.583. The summed E-state index contributed by atoms with van der Waals surface area (Å²) in [5.74, 6) is 1.47. The third-order valence-electron chi connectivity index (χ3n) is 3.76. The van der Waals surface area contributed by atoms with Crippen molar-refractivity contribution in [2.45, 2.75) is 25.2 Å². The van der Waals surface area contributed by atoms with Gasteiger partial charge in [-0.3, -0.25) is 0 Å². The average molecular weight is 266 g/mol. The summed E-state index contributed by atoms with van der Waals surface area (Å²) in [7, 11) is 1.74. The van der Waals surface area contributed by atoms with Crippen LogP contribution in [0.25, 0.3) is 6.08 Å². The molecule has 3 heteroatoms. The highest BCUT2D eigenvalue weighted by Gasteiger charge is 2.37. The minimum Gasteiger partial charge on any atom is -0.385 e. The number of nitrogens with zero attached hydrogens (tertiary/aromatic N) is 2. The molecule has 0 aliphatic heterocycles. The molecule has 2 rings (SSSR count). The van der Waals surface area contributed by atoms with Crippen molar-refractivity contribution in [3.05, 3.63) is 41.0 Å². The second-order valence-corrected chi connectivity index (χ2v) is 5.19. The minimum absolute atomic E-state index is 0.140. The van der Waals surface area contributed by atoms with Gasteiger partial charge in [-0.2, -0.15) is 10.5 Å². The number of benzene rings is 1. The lowest BCUT2D eigenvalue weighted by Gasteiger charge is -2.02. The molecule has 0 radical (unpaired) electrons. The third kappa shape index (κ3) is 3.70. The second kappa shape index (κ2) is 6.89. The van der Waals surface area contributed by atoms with E-state index in [0.29, 0.717) is 5.92 Å². The summed E-state index contributed by atoms with van der Waals surface area (Å²) >= 11 is 0. The molecule has 1 aliphatic carbocycles. The molecule has 1 saturated carbocycles. The van der Waals surface area contributed by atoms with Crippen molar-refractivity contribution >= 4 is 6.08 Å². The van der Waals surface area contributed by atoms with Gasteiger partial charge in [0, 0.05) is 13.7 Å². The van der Waals surface area contributed by atoms with Gasteiger partial charge in [-0.15, -0.1) is 0 Å². The molecule has 3 nitrogen and oxygen atoms in total. The van der Waals surface area contributed by atoms with Crippen LogP contribution in [0.5, 0.6) is 0 Å². The van der Waals surface area contributed by atoms with E-state index in [0.717, 1.165) is 24.5 Å². The Kier molecular flexibility index (Phi) is 4.93. The SMILES string of the molecule is COCCCC1CC1c1ccc(C=C(C#N)C#N)cc1. The van der Waals surface area contributed by atoms with Crippen LogP contribution in [0.15, 0.2) is 29.8 Å². The number of hydrogen-bond acceptors (Lipinski definition) is 3. The Morgan fingerprint density at radius 2 is 2.00 bits per heavy atom. The van der Waals surface area contributed by atoms with Gasteiger partial charge in [-0.25, -0.2) is 0 Å². The van der Waals surface area contributed by atoms with E-state index < -0.39 is 0 Å². The first-order valence-electron chi connectivity index (χ1n) is 6.89. The van der Waals surface area contributed by atoms with Crippen LogP contribution < -0.4 is 0 Å². The minimum atomic E-state index is 0.140. The lowest BCUT2D eigenvalue weighted by Crippen LogP contribution is -1.90. The van der Waals surface area contributed by atoms with Crippen molar-refractivity contribution in [1.29, 1.82) is 10.5 Å². The van der Waals surface area contributed by atoms with Crippen LogP contribution in [0.3, 0.4) is 0 Å². The van der Waals surface area contributed by atoms with Gasteiger partial charge in [-0.1, -0.05) is 24.3 Å². The normalized spacial score (nSPS) is 19.8. The Morgan fingerprint density at radius 3 is 2.60 bits per heavy atom. The van der Waals surface area contributed by atoms with Crippen molar-refractivity contribution in [3.8, 4) is 12.1 Å². The molecule has 0 aromatic heterocycles. The van der Waals surface area contributed by atoms with E-state index in [1.807, 2.05) is 24.3 Å². The Labute approximate surface area is 120 Å². The molecule has 1 aromatic carbocycles. The second-order valence-electron chi connectivity index (χ2n) is 5.19. The van der Waals surface area contributed by atoms with E-state index in [1.165, 1.54) is 18.4 Å². The zero-order chi connectivity index (χ0) is 14.4. The number of allylic oxidation sites excluding steroid dienone is 1. The topological polar surface area (TPSA) is 56.8 Å². The van der Waals surface area contributed by atoms with Crippen LogP contribution in [0.4, 0.5) is 0 Å². The maximum Gasteiger partial charge on any atom is 0.130 e. The van der Waals surface area contributed by atoms with E-state index >= 15 is 0 Å². The Bertz CT molecular complexity index is 544. The predicted octanol–water partition coefficient (Wildman–Crippen LogP) is 3.65. The van der Waals surface area contributed by atoms with Crippen LogP contribution in [-0.4, -0.2) is 13.7 Å². The molecule has 0 spiro atoms. The van der Waals surface area contributed by atoms with Gasteiger partial charge in [0.05, 0.1) is 0 Å². The first kappa shape index (κ1) is 14.3. The molecular weight excluding hydrogens is 248 g/mol. The molecule has 0 heterocycles. The molecule has 1 fully saturated rings. The lowest BCUT2D eigenvalue weighted by atomic mass is 10.0. The first-order valence-corrected chi connectivity index (χ1v) is 6.89. The van der Waals surface area contributed by atoms with Gasteiger partial charge >= 0.3 is 0 Å². The summed E-state index contributed by atoms with van der Waals surface area (Å²) < 4.78 is 5.08. The van der Waals surface area contributed by atoms with E-state index in [-0.39, 0.29) is 5.57 Å². The number of ether oxygens (including phenoxy) is 1. The summed E-state index contributed by atoms with van der Waals surface area (Å²) in [6.45, 7) is 0.845. The molecule has 1 aromatic rings. The molecule has 102 valence electrons. The molecule has 0 N–H and O–H groups in total. The van der Waals surface area contributed by atoms with Gasteiger partial charge in [0.25, 0.3) is 0 Å². The summed E-state index contributed by atoms with van der Waals surface area (Å²) in [6.07, 6.45) is 5.24. The fourth-order valence-electron chi connectivity index (χ4n) is 2.56. The van der Waals surface area contributed by atoms with Crippen LogP contribution >= 0.6 is 0 Å². The summed E-state index contributed by atoms with van der Waals surface area (Å²) in [5.41, 5.74) is 2.41. The highest BCUT2D eigenvalue weighted by molar-refractivity contribution is 5.62. The molecule has 0 amide bonds. The number of nitriles is 2. The van der Waals surface area contributed by atoms with Gasteiger partial charge in [-0.05, 0) is 48.3 Å². The van der Waals surface area contributed by atoms with Crippen molar-refractivity contribution in [2.75, 3.05) is 13.7 Å². The van der Waals surface area contributed by atoms with Gasteiger partial charge in [0.1, 0.15) is 17.7 Å². The number of methoxy groups -OCH3 is 1. The van der Waals surface area contributed by atoms with Crippen LogP contribution in [0.2, 0.25) is 0 Å². The maximum atomic E-state index is 8.73. The van der Waals surface area contributed by atoms with Gasteiger partial charge in [0.2, 0.25) is 0 Å². The Hall–Kier alpha value is -2.10. The molecular formula is C17H18N2O. The Balaban J connectivity index is 1.92. The molecule has 0 bridgehead atoms. The predicted molar refractivity (Wildman–Crippen MR) is 77.6 cm³/mol. The molecule has 1 aliphatic rings. The van der Waals surface area contributed by atoms with E-state index in [1.54, 1.807) is 13.2 Å². The van der Waals surface area contributed by atoms with E-state index in [4.69, 9.17) is 15.3 Å². The number of hydrogen-bond donors (Lipinski definition) is 0. The summed E-state index contributed by atoms with van der Waals surface area (Å²) in [5, 5.41) is 17.5. The fraction of sp³-hybridized carbons (Fsp3) is 0.412. The smallest absolute Gasteiger partial charge is 0.130 e. The zero-order valence-electron chi connectivity index (χ0n) is 11.7.